The van der Waals surface area contributed by atoms with Gasteiger partial charge in [-0.2, -0.15) is 0 Å². The number of para-hydroxylation sites is 1. The van der Waals surface area contributed by atoms with Crippen molar-refractivity contribution >= 4 is 28.7 Å². The Labute approximate surface area is 119 Å². The van der Waals surface area contributed by atoms with E-state index in [2.05, 4.69) is 4.98 Å². The fraction of sp³-hybridized carbons (Fsp3) is 0.143. The van der Waals surface area contributed by atoms with Gasteiger partial charge >= 0.3 is 5.97 Å². The molecule has 2 heterocycles. The van der Waals surface area contributed by atoms with Crippen LogP contribution < -0.4 is 0 Å². The number of carboxylic acids is 1. The fourth-order valence-electron chi connectivity index (χ4n) is 2.05. The van der Waals surface area contributed by atoms with Crippen molar-refractivity contribution < 1.29 is 14.3 Å². The molecule has 2 aromatic heterocycles. The number of fused-ring (bicyclic) bond motifs is 1. The van der Waals surface area contributed by atoms with Gasteiger partial charge in [0, 0.05) is 24.8 Å². The van der Waals surface area contributed by atoms with E-state index in [1.807, 2.05) is 23.9 Å². The van der Waals surface area contributed by atoms with E-state index >= 15 is 0 Å². The Balaban J connectivity index is 1.96. The molecule has 0 aliphatic rings. The Morgan fingerprint density at radius 1 is 1.45 bits per heavy atom. The summed E-state index contributed by atoms with van der Waals surface area (Å²) in [4.78, 5) is 15.6. The van der Waals surface area contributed by atoms with Gasteiger partial charge < -0.3 is 14.1 Å². The molecule has 0 saturated carbocycles. The molecule has 0 bridgehead atoms. The average molecular weight is 288 g/mol. The summed E-state index contributed by atoms with van der Waals surface area (Å²) in [5.41, 5.74) is 0.836. The lowest BCUT2D eigenvalue weighted by Gasteiger charge is -2.00. The molecule has 1 aromatic carbocycles. The maximum Gasteiger partial charge on any atom is 0.339 e. The third-order valence-corrected chi connectivity index (χ3v) is 4.05. The van der Waals surface area contributed by atoms with Crippen LogP contribution in [0.3, 0.4) is 0 Å². The van der Waals surface area contributed by atoms with Crippen molar-refractivity contribution in [1.29, 1.82) is 0 Å². The van der Waals surface area contributed by atoms with Crippen LogP contribution in [0.4, 0.5) is 0 Å². The molecule has 3 rings (SSSR count). The van der Waals surface area contributed by atoms with Gasteiger partial charge in [0.05, 0.1) is 5.75 Å². The summed E-state index contributed by atoms with van der Waals surface area (Å²) in [6.45, 7) is 0. The molecule has 20 heavy (non-hydrogen) atoms. The predicted octanol–water partition coefficient (Wildman–Crippen LogP) is 3.16. The lowest BCUT2D eigenvalue weighted by molar-refractivity contribution is 0.0697. The quantitative estimate of drug-likeness (QED) is 0.747. The molecule has 1 N–H and O–H groups in total. The minimum Gasteiger partial charge on any atom is -0.478 e. The van der Waals surface area contributed by atoms with Gasteiger partial charge in [-0.3, -0.25) is 0 Å². The first kappa shape index (κ1) is 12.8. The van der Waals surface area contributed by atoms with E-state index in [1.54, 1.807) is 24.4 Å². The molecule has 3 aromatic rings. The Morgan fingerprint density at radius 2 is 2.25 bits per heavy atom. The fourth-order valence-corrected chi connectivity index (χ4v) is 2.92. The van der Waals surface area contributed by atoms with Gasteiger partial charge in [-0.1, -0.05) is 30.0 Å². The Hall–Kier alpha value is -2.21. The topological polar surface area (TPSA) is 68.3 Å². The third kappa shape index (κ3) is 2.18. The predicted molar refractivity (Wildman–Crippen MR) is 75.9 cm³/mol. The lowest BCUT2D eigenvalue weighted by Crippen LogP contribution is -1.99. The van der Waals surface area contributed by atoms with Gasteiger partial charge in [0.1, 0.15) is 16.9 Å². The van der Waals surface area contributed by atoms with Crippen molar-refractivity contribution in [2.24, 2.45) is 7.05 Å². The first-order valence-corrected chi connectivity index (χ1v) is 6.99. The summed E-state index contributed by atoms with van der Waals surface area (Å²) in [5.74, 6) is -0.0710. The van der Waals surface area contributed by atoms with Crippen LogP contribution in [-0.2, 0) is 12.8 Å². The van der Waals surface area contributed by atoms with E-state index in [0.717, 1.165) is 5.16 Å². The van der Waals surface area contributed by atoms with Crippen LogP contribution in [0.5, 0.6) is 0 Å². The summed E-state index contributed by atoms with van der Waals surface area (Å²) in [6.07, 6.45) is 3.55. The normalized spacial score (nSPS) is 11.1. The molecule has 0 aliphatic heterocycles. The number of nitrogens with zero attached hydrogens (tertiary/aromatic N) is 2. The highest BCUT2D eigenvalue weighted by Gasteiger charge is 2.20. The van der Waals surface area contributed by atoms with Crippen LogP contribution in [0.2, 0.25) is 0 Å². The Bertz CT molecular complexity index is 776. The minimum absolute atomic E-state index is 0.238. The highest BCUT2D eigenvalue weighted by atomic mass is 32.2. The molecule has 0 fully saturated rings. The van der Waals surface area contributed by atoms with E-state index in [1.165, 1.54) is 11.8 Å². The van der Waals surface area contributed by atoms with Crippen LogP contribution in [0.25, 0.3) is 11.0 Å². The second-order valence-electron chi connectivity index (χ2n) is 4.31. The number of rotatable bonds is 4. The van der Waals surface area contributed by atoms with E-state index in [-0.39, 0.29) is 5.56 Å². The number of carboxylic acid groups (broad SMARTS) is 1. The lowest BCUT2D eigenvalue weighted by atomic mass is 10.1. The summed E-state index contributed by atoms with van der Waals surface area (Å²) < 4.78 is 7.54. The van der Waals surface area contributed by atoms with Crippen molar-refractivity contribution in [3.63, 3.8) is 0 Å². The van der Waals surface area contributed by atoms with E-state index in [0.29, 0.717) is 22.5 Å². The van der Waals surface area contributed by atoms with Crippen molar-refractivity contribution in [2.75, 3.05) is 0 Å². The molecule has 0 radical (unpaired) electrons. The molecule has 0 saturated heterocycles. The smallest absolute Gasteiger partial charge is 0.339 e. The second-order valence-corrected chi connectivity index (χ2v) is 5.25. The summed E-state index contributed by atoms with van der Waals surface area (Å²) in [7, 11) is 1.89. The Kier molecular flexibility index (Phi) is 3.23. The highest BCUT2D eigenvalue weighted by molar-refractivity contribution is 7.98. The number of hydrogen-bond donors (Lipinski definition) is 1. The van der Waals surface area contributed by atoms with Gasteiger partial charge in [0.15, 0.2) is 5.16 Å². The van der Waals surface area contributed by atoms with Crippen LogP contribution >= 0.6 is 11.8 Å². The van der Waals surface area contributed by atoms with E-state index in [4.69, 9.17) is 4.42 Å². The summed E-state index contributed by atoms with van der Waals surface area (Å²) in [5, 5.41) is 10.8. The third-order valence-electron chi connectivity index (χ3n) is 2.99. The second kappa shape index (κ2) is 5.05. The van der Waals surface area contributed by atoms with Gasteiger partial charge in [0.2, 0.25) is 0 Å². The maximum atomic E-state index is 11.4. The van der Waals surface area contributed by atoms with Crippen molar-refractivity contribution in [3.05, 3.63) is 48.0 Å². The molecular formula is C14H12N2O3S. The number of aryl methyl sites for hydroxylation is 1. The molecule has 0 amide bonds. The molecule has 5 nitrogen and oxygen atoms in total. The van der Waals surface area contributed by atoms with Crippen molar-refractivity contribution in [1.82, 2.24) is 9.55 Å². The Morgan fingerprint density at radius 3 is 2.95 bits per heavy atom. The molecule has 0 atom stereocenters. The van der Waals surface area contributed by atoms with E-state index < -0.39 is 5.97 Å². The first-order chi connectivity index (χ1) is 9.66. The zero-order valence-corrected chi connectivity index (χ0v) is 11.6. The van der Waals surface area contributed by atoms with Crippen LogP contribution in [0.1, 0.15) is 16.1 Å². The van der Waals surface area contributed by atoms with E-state index in [9.17, 15) is 9.90 Å². The summed E-state index contributed by atoms with van der Waals surface area (Å²) >= 11 is 1.45. The van der Waals surface area contributed by atoms with Gasteiger partial charge in [-0.05, 0) is 6.07 Å². The largest absolute Gasteiger partial charge is 0.478 e. The van der Waals surface area contributed by atoms with Crippen LogP contribution in [0.15, 0.2) is 46.2 Å². The zero-order valence-electron chi connectivity index (χ0n) is 10.7. The molecule has 6 heteroatoms. The van der Waals surface area contributed by atoms with Crippen LogP contribution in [-0.4, -0.2) is 20.6 Å². The number of imidazole rings is 1. The first-order valence-electron chi connectivity index (χ1n) is 6.00. The molecule has 0 aliphatic carbocycles. The number of aromatic carboxylic acids is 1. The minimum atomic E-state index is -0.967. The number of carbonyl (C=O) groups is 1. The van der Waals surface area contributed by atoms with Crippen molar-refractivity contribution in [2.45, 2.75) is 10.9 Å². The maximum absolute atomic E-state index is 11.4. The average Bonchev–Trinajstić information content (AvgIpc) is 2.99. The standard InChI is InChI=1S/C14H12N2O3S/c1-16-7-6-15-14(16)20-8-11-12(13(17)18)9-4-2-3-5-10(9)19-11/h2-7H,8H2,1H3,(H,17,18). The highest BCUT2D eigenvalue weighted by Crippen LogP contribution is 2.30. The van der Waals surface area contributed by atoms with Crippen LogP contribution in [0, 0.1) is 0 Å². The molecule has 0 spiro atoms. The van der Waals surface area contributed by atoms with Gasteiger partial charge in [-0.15, -0.1) is 0 Å². The number of thioether (sulfide) groups is 1. The number of hydrogen-bond acceptors (Lipinski definition) is 4. The van der Waals surface area contributed by atoms with Gasteiger partial charge in [0.25, 0.3) is 0 Å². The number of benzene rings is 1. The number of aromatic nitrogens is 2. The van der Waals surface area contributed by atoms with Crippen molar-refractivity contribution in [3.8, 4) is 0 Å². The van der Waals surface area contributed by atoms with Gasteiger partial charge in [-0.25, -0.2) is 9.78 Å². The zero-order chi connectivity index (χ0) is 14.1. The molecule has 102 valence electrons. The molecule has 0 unspecified atom stereocenters. The monoisotopic (exact) mass is 288 g/mol. The summed E-state index contributed by atoms with van der Waals surface area (Å²) in [6, 6.07) is 7.17. The number of furan rings is 1. The SMILES string of the molecule is Cn1ccnc1SCc1oc2ccccc2c1C(=O)O. The molecular weight excluding hydrogens is 276 g/mol.